The van der Waals surface area contributed by atoms with Gasteiger partial charge in [-0.1, -0.05) is 0 Å². The molecular formula is C20H17N3O3. The standard InChI is InChI=1S/C20H17N3O3/c24-20(14-2-1-9-21-13-14)23-16-5-3-15(4-6-16)22-17-7-8-18-19(12-17)26-11-10-25-18/h1-9,12-13,22H,10-11H2,(H,23,24). The molecule has 0 radical (unpaired) electrons. The monoisotopic (exact) mass is 347 g/mol. The molecule has 2 N–H and O–H groups in total. The molecule has 2 aromatic carbocycles. The van der Waals surface area contributed by atoms with E-state index in [2.05, 4.69) is 15.6 Å². The molecule has 2 heterocycles. The van der Waals surface area contributed by atoms with E-state index in [1.54, 1.807) is 18.3 Å². The van der Waals surface area contributed by atoms with Crippen LogP contribution in [0.4, 0.5) is 17.1 Å². The Kier molecular flexibility index (Phi) is 4.38. The van der Waals surface area contributed by atoms with E-state index in [1.807, 2.05) is 42.5 Å². The van der Waals surface area contributed by atoms with Crippen molar-refractivity contribution in [2.75, 3.05) is 23.8 Å². The normalized spacial score (nSPS) is 12.3. The van der Waals surface area contributed by atoms with Gasteiger partial charge in [-0.3, -0.25) is 9.78 Å². The van der Waals surface area contributed by atoms with E-state index in [4.69, 9.17) is 9.47 Å². The van der Waals surface area contributed by atoms with Gasteiger partial charge in [-0.2, -0.15) is 0 Å². The summed E-state index contributed by atoms with van der Waals surface area (Å²) in [4.78, 5) is 16.1. The van der Waals surface area contributed by atoms with Gasteiger partial charge >= 0.3 is 0 Å². The summed E-state index contributed by atoms with van der Waals surface area (Å²) in [5.74, 6) is 1.31. The lowest BCUT2D eigenvalue weighted by atomic mass is 10.2. The van der Waals surface area contributed by atoms with Crippen LogP contribution in [-0.2, 0) is 0 Å². The van der Waals surface area contributed by atoms with Gasteiger partial charge < -0.3 is 20.1 Å². The van der Waals surface area contributed by atoms with Crippen LogP contribution in [0, 0.1) is 0 Å². The average Bonchev–Trinajstić information content (AvgIpc) is 2.70. The van der Waals surface area contributed by atoms with Crippen molar-refractivity contribution in [3.05, 3.63) is 72.6 Å². The number of ether oxygens (including phenoxy) is 2. The molecule has 1 amide bonds. The van der Waals surface area contributed by atoms with Crippen molar-refractivity contribution in [3.63, 3.8) is 0 Å². The number of nitrogens with one attached hydrogen (secondary N) is 2. The van der Waals surface area contributed by atoms with Gasteiger partial charge in [0.25, 0.3) is 5.91 Å². The number of hydrogen-bond acceptors (Lipinski definition) is 5. The third-order valence-electron chi connectivity index (χ3n) is 3.90. The van der Waals surface area contributed by atoms with Crippen LogP contribution in [0.25, 0.3) is 0 Å². The quantitative estimate of drug-likeness (QED) is 0.750. The van der Waals surface area contributed by atoms with Crippen molar-refractivity contribution < 1.29 is 14.3 Å². The lowest BCUT2D eigenvalue weighted by Gasteiger charge is -2.19. The van der Waals surface area contributed by atoms with Crippen LogP contribution in [0.2, 0.25) is 0 Å². The number of fused-ring (bicyclic) bond motifs is 1. The summed E-state index contributed by atoms with van der Waals surface area (Å²) in [6.07, 6.45) is 3.17. The van der Waals surface area contributed by atoms with E-state index in [9.17, 15) is 4.79 Å². The third kappa shape index (κ3) is 3.59. The number of rotatable bonds is 4. The second kappa shape index (κ2) is 7.14. The van der Waals surface area contributed by atoms with E-state index in [-0.39, 0.29) is 5.91 Å². The Morgan fingerprint density at radius 2 is 1.62 bits per heavy atom. The Balaban J connectivity index is 1.42. The fourth-order valence-electron chi connectivity index (χ4n) is 2.63. The molecule has 0 unspecified atom stereocenters. The van der Waals surface area contributed by atoms with Crippen molar-refractivity contribution in [3.8, 4) is 11.5 Å². The Morgan fingerprint density at radius 1 is 0.885 bits per heavy atom. The molecule has 6 heteroatoms. The van der Waals surface area contributed by atoms with Gasteiger partial charge in [0.1, 0.15) is 13.2 Å². The molecule has 3 aromatic rings. The van der Waals surface area contributed by atoms with Crippen LogP contribution in [0.15, 0.2) is 67.0 Å². The molecule has 4 rings (SSSR count). The van der Waals surface area contributed by atoms with Gasteiger partial charge in [0.05, 0.1) is 5.56 Å². The molecular weight excluding hydrogens is 330 g/mol. The summed E-state index contributed by atoms with van der Waals surface area (Å²) in [5.41, 5.74) is 3.04. The first-order valence-electron chi connectivity index (χ1n) is 8.26. The minimum absolute atomic E-state index is 0.189. The highest BCUT2D eigenvalue weighted by molar-refractivity contribution is 6.04. The Hall–Kier alpha value is -3.54. The van der Waals surface area contributed by atoms with Crippen molar-refractivity contribution in [2.45, 2.75) is 0 Å². The van der Waals surface area contributed by atoms with Crippen LogP contribution < -0.4 is 20.1 Å². The summed E-state index contributed by atoms with van der Waals surface area (Å²) >= 11 is 0. The van der Waals surface area contributed by atoms with Crippen LogP contribution in [0.5, 0.6) is 11.5 Å². The maximum absolute atomic E-state index is 12.1. The zero-order valence-electron chi connectivity index (χ0n) is 13.9. The van der Waals surface area contributed by atoms with Gasteiger partial charge in [-0.25, -0.2) is 0 Å². The van der Waals surface area contributed by atoms with Crippen molar-refractivity contribution in [1.29, 1.82) is 0 Å². The van der Waals surface area contributed by atoms with Crippen molar-refractivity contribution in [2.24, 2.45) is 0 Å². The van der Waals surface area contributed by atoms with Crippen LogP contribution >= 0.6 is 0 Å². The molecule has 1 aromatic heterocycles. The largest absolute Gasteiger partial charge is 0.486 e. The zero-order valence-corrected chi connectivity index (χ0v) is 13.9. The zero-order chi connectivity index (χ0) is 17.8. The Morgan fingerprint density at radius 3 is 2.38 bits per heavy atom. The third-order valence-corrected chi connectivity index (χ3v) is 3.90. The van der Waals surface area contributed by atoms with E-state index in [0.29, 0.717) is 24.5 Å². The summed E-state index contributed by atoms with van der Waals surface area (Å²) in [5, 5.41) is 6.15. The second-order valence-electron chi connectivity index (χ2n) is 5.76. The highest BCUT2D eigenvalue weighted by Gasteiger charge is 2.11. The van der Waals surface area contributed by atoms with Gasteiger partial charge in [0, 0.05) is 35.5 Å². The number of carbonyl (C=O) groups is 1. The molecule has 1 aliphatic rings. The van der Waals surface area contributed by atoms with E-state index >= 15 is 0 Å². The van der Waals surface area contributed by atoms with E-state index in [0.717, 1.165) is 22.9 Å². The first-order chi connectivity index (χ1) is 12.8. The first kappa shape index (κ1) is 16.0. The summed E-state index contributed by atoms with van der Waals surface area (Å²) in [7, 11) is 0. The maximum atomic E-state index is 12.1. The SMILES string of the molecule is O=C(Nc1ccc(Nc2ccc3c(c2)OCCO3)cc1)c1cccnc1. The second-order valence-corrected chi connectivity index (χ2v) is 5.76. The van der Waals surface area contributed by atoms with Crippen molar-refractivity contribution >= 4 is 23.0 Å². The average molecular weight is 347 g/mol. The number of hydrogen-bond donors (Lipinski definition) is 2. The lowest BCUT2D eigenvalue weighted by molar-refractivity contribution is 0.102. The highest BCUT2D eigenvalue weighted by atomic mass is 16.6. The Labute approximate surface area is 150 Å². The molecule has 0 aliphatic carbocycles. The molecule has 0 saturated carbocycles. The molecule has 0 atom stereocenters. The predicted octanol–water partition coefficient (Wildman–Crippen LogP) is 3.85. The number of benzene rings is 2. The maximum Gasteiger partial charge on any atom is 0.257 e. The Bertz CT molecular complexity index is 911. The van der Waals surface area contributed by atoms with Crippen molar-refractivity contribution in [1.82, 2.24) is 4.98 Å². The minimum Gasteiger partial charge on any atom is -0.486 e. The number of nitrogens with zero attached hydrogens (tertiary/aromatic N) is 1. The fourth-order valence-corrected chi connectivity index (χ4v) is 2.63. The molecule has 0 saturated heterocycles. The number of anilines is 3. The molecule has 0 bridgehead atoms. The minimum atomic E-state index is -0.189. The summed E-state index contributed by atoms with van der Waals surface area (Å²) in [6.45, 7) is 1.13. The topological polar surface area (TPSA) is 72.5 Å². The number of amides is 1. The first-order valence-corrected chi connectivity index (χ1v) is 8.26. The van der Waals surface area contributed by atoms with Gasteiger partial charge in [0.15, 0.2) is 11.5 Å². The van der Waals surface area contributed by atoms with E-state index < -0.39 is 0 Å². The predicted molar refractivity (Wildman–Crippen MR) is 99.3 cm³/mol. The number of carbonyl (C=O) groups excluding carboxylic acids is 1. The van der Waals surface area contributed by atoms with Crippen LogP contribution in [0.3, 0.4) is 0 Å². The van der Waals surface area contributed by atoms with Crippen LogP contribution in [-0.4, -0.2) is 24.1 Å². The molecule has 0 fully saturated rings. The molecule has 26 heavy (non-hydrogen) atoms. The highest BCUT2D eigenvalue weighted by Crippen LogP contribution is 2.33. The van der Waals surface area contributed by atoms with Gasteiger partial charge in [-0.15, -0.1) is 0 Å². The molecule has 130 valence electrons. The number of aromatic nitrogens is 1. The summed E-state index contributed by atoms with van der Waals surface area (Å²) < 4.78 is 11.1. The molecule has 6 nitrogen and oxygen atoms in total. The van der Waals surface area contributed by atoms with E-state index in [1.165, 1.54) is 6.20 Å². The molecule has 0 spiro atoms. The van der Waals surface area contributed by atoms with Crippen LogP contribution in [0.1, 0.15) is 10.4 Å². The number of pyridine rings is 1. The lowest BCUT2D eigenvalue weighted by Crippen LogP contribution is -2.15. The van der Waals surface area contributed by atoms with Gasteiger partial charge in [0.2, 0.25) is 0 Å². The smallest absolute Gasteiger partial charge is 0.257 e. The fraction of sp³-hybridized carbons (Fsp3) is 0.100. The summed E-state index contributed by atoms with van der Waals surface area (Å²) in [6, 6.07) is 16.7. The van der Waals surface area contributed by atoms with Gasteiger partial charge in [-0.05, 0) is 48.5 Å². The molecule has 1 aliphatic heterocycles.